The quantitative estimate of drug-likeness (QED) is 0.806. The molecular formula is C19H29N7O. The second-order valence-corrected chi connectivity index (χ2v) is 6.97. The van der Waals surface area contributed by atoms with Crippen molar-refractivity contribution in [3.05, 3.63) is 42.2 Å². The zero-order chi connectivity index (χ0) is 19.1. The Balaban J connectivity index is 1.61. The molecule has 1 N–H and O–H groups in total. The van der Waals surface area contributed by atoms with Crippen LogP contribution >= 0.6 is 0 Å². The van der Waals surface area contributed by atoms with Gasteiger partial charge in [0.05, 0.1) is 12.6 Å². The number of carbonyl (C=O) groups is 1. The number of aromatic nitrogens is 4. The fraction of sp³-hybridized carbons (Fsp3) is 0.579. The van der Waals surface area contributed by atoms with Gasteiger partial charge in [0.2, 0.25) is 0 Å². The normalized spacial score (nSPS) is 16.1. The minimum atomic E-state index is -0.105. The van der Waals surface area contributed by atoms with E-state index in [0.29, 0.717) is 13.1 Å². The van der Waals surface area contributed by atoms with Crippen LogP contribution in [0.4, 0.5) is 4.79 Å². The van der Waals surface area contributed by atoms with Crippen LogP contribution in [0.2, 0.25) is 0 Å². The summed E-state index contributed by atoms with van der Waals surface area (Å²) >= 11 is 0. The number of hydrogen-bond donors (Lipinski definition) is 1. The first kappa shape index (κ1) is 19.3. The smallest absolute Gasteiger partial charge is 0.317 e. The van der Waals surface area contributed by atoms with E-state index >= 15 is 0 Å². The molecule has 0 bridgehead atoms. The van der Waals surface area contributed by atoms with Gasteiger partial charge >= 0.3 is 6.03 Å². The second-order valence-electron chi connectivity index (χ2n) is 6.97. The average molecular weight is 371 g/mol. The van der Waals surface area contributed by atoms with Gasteiger partial charge < -0.3 is 14.8 Å². The highest BCUT2D eigenvalue weighted by Gasteiger charge is 2.23. The lowest BCUT2D eigenvalue weighted by Crippen LogP contribution is -2.44. The van der Waals surface area contributed by atoms with E-state index in [1.807, 2.05) is 23.8 Å². The maximum absolute atomic E-state index is 12.6. The number of pyridine rings is 1. The molecule has 0 aromatic carbocycles. The lowest BCUT2D eigenvalue weighted by atomic mass is 10.0. The molecule has 1 saturated heterocycles. The molecule has 1 aliphatic heterocycles. The Morgan fingerprint density at radius 1 is 1.33 bits per heavy atom. The average Bonchev–Trinajstić information content (AvgIpc) is 3.16. The molecule has 1 fully saturated rings. The highest BCUT2D eigenvalue weighted by Crippen LogP contribution is 2.23. The molecule has 2 aromatic heterocycles. The summed E-state index contributed by atoms with van der Waals surface area (Å²) in [6, 6.07) is 4.09. The van der Waals surface area contributed by atoms with Crippen LogP contribution in [0.5, 0.6) is 0 Å². The molecule has 0 spiro atoms. The number of urea groups is 1. The molecule has 8 nitrogen and oxygen atoms in total. The first-order valence-corrected chi connectivity index (χ1v) is 9.68. The van der Waals surface area contributed by atoms with Gasteiger partial charge in [0.25, 0.3) is 0 Å². The van der Waals surface area contributed by atoms with Gasteiger partial charge in [-0.1, -0.05) is 12.5 Å². The molecule has 3 rings (SSSR count). The van der Waals surface area contributed by atoms with Gasteiger partial charge in [0.1, 0.15) is 6.33 Å². The highest BCUT2D eigenvalue weighted by atomic mass is 16.2. The largest absolute Gasteiger partial charge is 0.336 e. The molecule has 27 heavy (non-hydrogen) atoms. The summed E-state index contributed by atoms with van der Waals surface area (Å²) in [6.45, 7) is 5.94. The van der Waals surface area contributed by atoms with E-state index in [2.05, 4.69) is 31.5 Å². The third kappa shape index (κ3) is 5.03. The van der Waals surface area contributed by atoms with E-state index in [0.717, 1.165) is 31.0 Å². The van der Waals surface area contributed by atoms with Gasteiger partial charge in [-0.15, -0.1) is 10.2 Å². The molecule has 2 aromatic rings. The van der Waals surface area contributed by atoms with Gasteiger partial charge in [-0.05, 0) is 44.5 Å². The molecular weight excluding hydrogens is 342 g/mol. The van der Waals surface area contributed by atoms with E-state index < -0.39 is 0 Å². The van der Waals surface area contributed by atoms with Crippen LogP contribution in [-0.2, 0) is 13.1 Å². The van der Waals surface area contributed by atoms with Gasteiger partial charge in [-0.2, -0.15) is 0 Å². The van der Waals surface area contributed by atoms with Gasteiger partial charge in [-0.25, -0.2) is 4.79 Å². The summed E-state index contributed by atoms with van der Waals surface area (Å²) in [4.78, 5) is 21.0. The summed E-state index contributed by atoms with van der Waals surface area (Å²) in [5.74, 6) is 0.787. The number of nitrogens with zero attached hydrogens (tertiary/aromatic N) is 6. The van der Waals surface area contributed by atoms with Crippen molar-refractivity contribution in [2.24, 2.45) is 0 Å². The molecule has 1 atom stereocenters. The Morgan fingerprint density at radius 2 is 2.15 bits per heavy atom. The third-order valence-electron chi connectivity index (χ3n) is 5.11. The number of amides is 2. The van der Waals surface area contributed by atoms with Gasteiger partial charge in [0.15, 0.2) is 5.82 Å². The number of rotatable bonds is 7. The maximum atomic E-state index is 12.6. The molecule has 8 heteroatoms. The maximum Gasteiger partial charge on any atom is 0.317 e. The lowest BCUT2D eigenvalue weighted by molar-refractivity contribution is 0.155. The zero-order valence-corrected chi connectivity index (χ0v) is 16.2. The topological polar surface area (TPSA) is 79.2 Å². The standard InChI is InChI=1S/C19H29N7O/c1-3-25-15-22-23-18(25)14-24(2)19(27)21-13-17(16-8-7-9-20-12-16)26-10-5-4-6-11-26/h7-9,12,15,17H,3-6,10-11,13-14H2,1-2H3,(H,21,27). The van der Waals surface area contributed by atoms with E-state index in [4.69, 9.17) is 0 Å². The minimum absolute atomic E-state index is 0.105. The fourth-order valence-electron chi connectivity index (χ4n) is 3.53. The first-order chi connectivity index (χ1) is 13.2. The summed E-state index contributed by atoms with van der Waals surface area (Å²) in [5, 5.41) is 11.1. The van der Waals surface area contributed by atoms with Crippen LogP contribution in [0.15, 0.2) is 30.9 Å². The van der Waals surface area contributed by atoms with Crippen molar-refractivity contribution >= 4 is 6.03 Å². The van der Waals surface area contributed by atoms with Crippen molar-refractivity contribution in [2.45, 2.75) is 45.3 Å². The predicted molar refractivity (Wildman–Crippen MR) is 103 cm³/mol. The van der Waals surface area contributed by atoms with E-state index in [1.54, 1.807) is 24.5 Å². The number of carbonyl (C=O) groups excluding carboxylic acids is 1. The fourth-order valence-corrected chi connectivity index (χ4v) is 3.53. The molecule has 146 valence electrons. The number of likely N-dealkylation sites (tertiary alicyclic amines) is 1. The van der Waals surface area contributed by atoms with Crippen molar-refractivity contribution in [3.63, 3.8) is 0 Å². The second kappa shape index (κ2) is 9.45. The van der Waals surface area contributed by atoms with Crippen molar-refractivity contribution in [1.82, 2.24) is 34.9 Å². The molecule has 0 radical (unpaired) electrons. The van der Waals surface area contributed by atoms with E-state index in [1.165, 1.54) is 19.3 Å². The molecule has 2 amide bonds. The Bertz CT molecular complexity index is 712. The minimum Gasteiger partial charge on any atom is -0.336 e. The molecule has 1 aliphatic rings. The molecule has 3 heterocycles. The number of nitrogens with one attached hydrogen (secondary N) is 1. The van der Waals surface area contributed by atoms with Crippen LogP contribution < -0.4 is 5.32 Å². The van der Waals surface area contributed by atoms with Crippen molar-refractivity contribution in [2.75, 3.05) is 26.7 Å². The first-order valence-electron chi connectivity index (χ1n) is 9.68. The Kier molecular flexibility index (Phi) is 6.75. The van der Waals surface area contributed by atoms with Crippen molar-refractivity contribution in [1.29, 1.82) is 0 Å². The van der Waals surface area contributed by atoms with Crippen LogP contribution in [0.1, 0.15) is 43.6 Å². The van der Waals surface area contributed by atoms with Crippen LogP contribution in [0.25, 0.3) is 0 Å². The number of hydrogen-bond acceptors (Lipinski definition) is 5. The van der Waals surface area contributed by atoms with Crippen molar-refractivity contribution in [3.8, 4) is 0 Å². The lowest BCUT2D eigenvalue weighted by Gasteiger charge is -2.35. The number of piperidine rings is 1. The number of aryl methyl sites for hydroxylation is 1. The Morgan fingerprint density at radius 3 is 2.85 bits per heavy atom. The van der Waals surface area contributed by atoms with Crippen molar-refractivity contribution < 1.29 is 4.79 Å². The molecule has 0 aliphatic carbocycles. The SMILES string of the molecule is CCn1cnnc1CN(C)C(=O)NCC(c1cccnc1)N1CCCCC1. The summed E-state index contributed by atoms with van der Waals surface area (Å²) in [6.07, 6.45) is 9.07. The highest BCUT2D eigenvalue weighted by molar-refractivity contribution is 5.73. The Hall–Kier alpha value is -2.48. The van der Waals surface area contributed by atoms with Gasteiger partial charge in [0, 0.05) is 32.5 Å². The van der Waals surface area contributed by atoms with E-state index in [9.17, 15) is 4.79 Å². The summed E-state index contributed by atoms with van der Waals surface area (Å²) in [5.41, 5.74) is 1.15. The van der Waals surface area contributed by atoms with Crippen LogP contribution in [0.3, 0.4) is 0 Å². The third-order valence-corrected chi connectivity index (χ3v) is 5.11. The molecule has 0 saturated carbocycles. The van der Waals surface area contributed by atoms with Crippen LogP contribution in [-0.4, -0.2) is 62.3 Å². The van der Waals surface area contributed by atoms with Gasteiger partial charge in [-0.3, -0.25) is 9.88 Å². The Labute approximate surface area is 160 Å². The monoisotopic (exact) mass is 371 g/mol. The van der Waals surface area contributed by atoms with E-state index in [-0.39, 0.29) is 12.1 Å². The van der Waals surface area contributed by atoms with Crippen LogP contribution in [0, 0.1) is 0 Å². The summed E-state index contributed by atoms with van der Waals surface area (Å²) in [7, 11) is 1.78. The molecule has 1 unspecified atom stereocenters. The summed E-state index contributed by atoms with van der Waals surface area (Å²) < 4.78 is 1.94. The zero-order valence-electron chi connectivity index (χ0n) is 16.2. The predicted octanol–water partition coefficient (Wildman–Crippen LogP) is 2.06.